The minimum absolute atomic E-state index is 0. The van der Waals surface area contributed by atoms with E-state index in [-0.39, 0.29) is 34.9 Å². The summed E-state index contributed by atoms with van der Waals surface area (Å²) < 4.78 is 126. The average molecular weight is 820 g/mol. The van der Waals surface area contributed by atoms with E-state index < -0.39 is 37.0 Å². The maximum atomic E-state index is 12.3. The third-order valence-corrected chi connectivity index (χ3v) is 9.71. The van der Waals surface area contributed by atoms with Gasteiger partial charge in [-0.25, -0.2) is 0 Å². The highest BCUT2D eigenvalue weighted by Crippen LogP contribution is 2.35. The van der Waals surface area contributed by atoms with E-state index in [1.165, 1.54) is 30.3 Å². The van der Waals surface area contributed by atoms with Crippen LogP contribution in [0.5, 0.6) is 5.75 Å². The summed E-state index contributed by atoms with van der Waals surface area (Å²) in [4.78, 5) is 11.4. The SMILES string of the molecule is C.O=C1CCCc2ccc(Cl)cc21.O=S(=O)(OC1=CCCc2ccc(Cl)cc21)C(F)(F)F.O=S(=O)(Oc1cccc2ccc(Cl)cc12)C(F)(F)F. The average Bonchev–Trinajstić information content (AvgIpc) is 3.01. The number of hydrogen-bond donors (Lipinski definition) is 0. The van der Waals surface area contributed by atoms with Gasteiger partial charge in [-0.15, -0.1) is 0 Å². The number of alkyl halides is 6. The molecule has 0 saturated carbocycles. The van der Waals surface area contributed by atoms with E-state index in [4.69, 9.17) is 34.8 Å². The van der Waals surface area contributed by atoms with Crippen LogP contribution in [-0.4, -0.2) is 33.6 Å². The lowest BCUT2D eigenvalue weighted by Crippen LogP contribution is -2.28. The fourth-order valence-corrected chi connectivity index (χ4v) is 6.24. The van der Waals surface area contributed by atoms with E-state index >= 15 is 0 Å². The van der Waals surface area contributed by atoms with Gasteiger partial charge in [0, 0.05) is 38.0 Å². The summed E-state index contributed by atoms with van der Waals surface area (Å²) in [5, 5.41) is 1.90. The molecule has 0 heterocycles. The first kappa shape index (κ1) is 41.9. The summed E-state index contributed by atoms with van der Waals surface area (Å²) in [5.74, 6) is -0.517. The number of carbonyl (C=O) groups is 1. The van der Waals surface area contributed by atoms with E-state index in [1.807, 2.05) is 12.1 Å². The van der Waals surface area contributed by atoms with Crippen LogP contribution in [0, 0.1) is 0 Å². The second kappa shape index (κ2) is 16.4. The molecule has 0 amide bonds. The number of aryl methyl sites for hydroxylation is 2. The minimum Gasteiger partial charge on any atom is -0.376 e. The molecule has 0 saturated heterocycles. The van der Waals surface area contributed by atoms with Crippen LogP contribution in [0.2, 0.25) is 15.1 Å². The number of carbonyl (C=O) groups excluding carboxylic acids is 1. The summed E-state index contributed by atoms with van der Waals surface area (Å²) in [5.41, 5.74) is -7.99. The molecular weight excluding hydrogens is 793 g/mol. The van der Waals surface area contributed by atoms with Crippen molar-refractivity contribution in [3.8, 4) is 5.75 Å². The summed E-state index contributed by atoms with van der Waals surface area (Å²) >= 11 is 17.3. The molecule has 0 atom stereocenters. The Balaban J connectivity index is 0.000000210. The molecule has 0 fully saturated rings. The summed E-state index contributed by atoms with van der Waals surface area (Å²) in [6, 6.07) is 18.7. The number of fused-ring (bicyclic) bond motifs is 3. The minimum atomic E-state index is -5.70. The van der Waals surface area contributed by atoms with E-state index in [0.29, 0.717) is 40.3 Å². The predicted octanol–water partition coefficient (Wildman–Crippen LogP) is 10.7. The van der Waals surface area contributed by atoms with Crippen LogP contribution < -0.4 is 4.18 Å². The molecule has 2 aliphatic carbocycles. The first-order valence-corrected chi connectivity index (χ1v) is 18.1. The summed E-state index contributed by atoms with van der Waals surface area (Å²) in [7, 11) is -11.4. The van der Waals surface area contributed by atoms with Gasteiger partial charge in [-0.2, -0.15) is 43.2 Å². The Labute approximate surface area is 305 Å². The normalized spacial score (nSPS) is 14.3. The molecule has 0 aliphatic heterocycles. The lowest BCUT2D eigenvalue weighted by molar-refractivity contribution is -0.0511. The number of rotatable bonds is 4. The predicted molar refractivity (Wildman–Crippen MR) is 184 cm³/mol. The molecule has 6 rings (SSSR count). The van der Waals surface area contributed by atoms with Gasteiger partial charge in [0.15, 0.2) is 11.5 Å². The Kier molecular flexibility index (Phi) is 13.5. The number of allylic oxidation sites excluding steroid dienone is 1. The van der Waals surface area contributed by atoms with Gasteiger partial charge in [-0.1, -0.05) is 72.6 Å². The maximum Gasteiger partial charge on any atom is 0.534 e. The van der Waals surface area contributed by atoms with Crippen LogP contribution in [0.15, 0.2) is 78.9 Å². The van der Waals surface area contributed by atoms with Gasteiger partial charge in [-0.3, -0.25) is 4.79 Å². The van der Waals surface area contributed by atoms with Gasteiger partial charge < -0.3 is 8.37 Å². The molecule has 7 nitrogen and oxygen atoms in total. The second-order valence-electron chi connectivity index (χ2n) is 10.6. The van der Waals surface area contributed by atoms with E-state index in [9.17, 15) is 48.0 Å². The van der Waals surface area contributed by atoms with Crippen molar-refractivity contribution in [3.05, 3.63) is 116 Å². The molecule has 4 aromatic rings. The van der Waals surface area contributed by atoms with Gasteiger partial charge in [0.25, 0.3) is 0 Å². The van der Waals surface area contributed by atoms with Crippen molar-refractivity contribution >= 4 is 77.4 Å². The first-order chi connectivity index (χ1) is 23.2. The van der Waals surface area contributed by atoms with Crippen LogP contribution in [0.1, 0.15) is 53.7 Å². The van der Waals surface area contributed by atoms with Gasteiger partial charge in [0.1, 0.15) is 5.76 Å². The standard InChI is InChI=1S/C11H8ClF3O3S.C11H6ClF3O3S.C10H9ClO.CH4/c2*12-8-5-4-7-2-1-3-10(9(7)6-8)18-19(16,17)11(13,14)15;11-8-5-4-7-2-1-3-10(12)9(7)6-8;/h3-6H,1-2H2;1-6H;4-6H,1-3H2;1H4. The third kappa shape index (κ3) is 10.5. The van der Waals surface area contributed by atoms with E-state index in [0.717, 1.165) is 30.0 Å². The van der Waals surface area contributed by atoms with Crippen LogP contribution in [-0.2, 0) is 37.3 Å². The molecule has 0 spiro atoms. The van der Waals surface area contributed by atoms with Gasteiger partial charge in [0.2, 0.25) is 0 Å². The van der Waals surface area contributed by atoms with Crippen molar-refractivity contribution in [3.63, 3.8) is 0 Å². The monoisotopic (exact) mass is 818 g/mol. The number of ketones is 1. The van der Waals surface area contributed by atoms with Crippen molar-refractivity contribution in [2.75, 3.05) is 0 Å². The zero-order chi connectivity index (χ0) is 37.1. The number of Topliss-reactive ketones (excluding diaryl/α,β-unsaturated/α-hetero) is 1. The number of benzene rings is 4. The highest BCUT2D eigenvalue weighted by Gasteiger charge is 2.49. The summed E-state index contributed by atoms with van der Waals surface area (Å²) in [6.45, 7) is 0. The third-order valence-electron chi connectivity index (χ3n) is 7.07. The fourth-order valence-electron chi connectivity index (χ4n) is 4.76. The molecule has 0 N–H and O–H groups in total. The molecule has 0 bridgehead atoms. The van der Waals surface area contributed by atoms with Crippen molar-refractivity contribution < 1.29 is 56.3 Å². The molecule has 0 aromatic heterocycles. The molecule has 0 unspecified atom stereocenters. The number of hydrogen-bond acceptors (Lipinski definition) is 7. The zero-order valence-corrected chi connectivity index (χ0v) is 29.0. The largest absolute Gasteiger partial charge is 0.534 e. The first-order valence-electron chi connectivity index (χ1n) is 14.2. The Bertz CT molecular complexity index is 2170. The summed E-state index contributed by atoms with van der Waals surface area (Å²) in [6.07, 6.45) is 4.96. The van der Waals surface area contributed by atoms with Crippen molar-refractivity contribution in [1.29, 1.82) is 0 Å². The maximum absolute atomic E-state index is 12.3. The smallest absolute Gasteiger partial charge is 0.376 e. The Morgan fingerprint density at radius 1 is 0.627 bits per heavy atom. The van der Waals surface area contributed by atoms with Gasteiger partial charge in [0.05, 0.1) is 0 Å². The van der Waals surface area contributed by atoms with E-state index in [1.54, 1.807) is 30.3 Å². The molecule has 0 radical (unpaired) electrons. The quantitative estimate of drug-likeness (QED) is 0.115. The topological polar surface area (TPSA) is 104 Å². The second-order valence-corrected chi connectivity index (χ2v) is 15.0. The van der Waals surface area contributed by atoms with Crippen molar-refractivity contribution in [1.82, 2.24) is 0 Å². The molecule has 2 aliphatic rings. The molecule has 18 heteroatoms. The zero-order valence-electron chi connectivity index (χ0n) is 25.1. The van der Waals surface area contributed by atoms with Crippen molar-refractivity contribution in [2.24, 2.45) is 0 Å². The van der Waals surface area contributed by atoms with Gasteiger partial charge >= 0.3 is 31.3 Å². The highest BCUT2D eigenvalue weighted by atomic mass is 35.5. The Morgan fingerprint density at radius 3 is 1.76 bits per heavy atom. The van der Waals surface area contributed by atoms with Crippen LogP contribution in [0.25, 0.3) is 16.5 Å². The lowest BCUT2D eigenvalue weighted by Gasteiger charge is -2.18. The lowest BCUT2D eigenvalue weighted by atomic mass is 9.91. The molecule has 4 aromatic carbocycles. The molecule has 276 valence electrons. The van der Waals surface area contributed by atoms with Crippen LogP contribution >= 0.6 is 34.8 Å². The van der Waals surface area contributed by atoms with E-state index in [2.05, 4.69) is 8.37 Å². The molecule has 51 heavy (non-hydrogen) atoms. The Morgan fingerprint density at radius 2 is 1.16 bits per heavy atom. The van der Waals surface area contributed by atoms with Gasteiger partial charge in [-0.05, 0) is 90.7 Å². The van der Waals surface area contributed by atoms with Crippen molar-refractivity contribution in [2.45, 2.75) is 50.5 Å². The molecular formula is C33H27Cl3F6O7S2. The number of halogens is 9. The fraction of sp³-hybridized carbons (Fsp3) is 0.242. The highest BCUT2D eigenvalue weighted by molar-refractivity contribution is 7.88. The van der Waals surface area contributed by atoms with Crippen LogP contribution in [0.3, 0.4) is 0 Å². The van der Waals surface area contributed by atoms with Crippen LogP contribution in [0.4, 0.5) is 26.3 Å². The Hall–Kier alpha value is -3.50.